The van der Waals surface area contributed by atoms with Crippen LogP contribution in [0, 0.1) is 0 Å². The number of para-hydroxylation sites is 2. The number of benzene rings is 13. The van der Waals surface area contributed by atoms with E-state index < -0.39 is 16.2 Å². The van der Waals surface area contributed by atoms with E-state index in [1.807, 2.05) is 11.8 Å². The molecule has 13 aromatic rings. The molecule has 84 heavy (non-hydrogen) atoms. The molecule has 0 fully saturated rings. The van der Waals surface area contributed by atoms with Crippen LogP contribution in [0.5, 0.6) is 11.5 Å². The molecule has 0 N–H and O–H groups in total. The number of ether oxygens (including phenoxy) is 1. The molecular weight excluding hydrogens is 1030 g/mol. The first kappa shape index (κ1) is 47.4. The van der Waals surface area contributed by atoms with Crippen LogP contribution in [-0.2, 0) is 16.2 Å². The van der Waals surface area contributed by atoms with Gasteiger partial charge in [-0.3, -0.25) is 0 Å². The summed E-state index contributed by atoms with van der Waals surface area (Å²) >= 11 is 1.89. The van der Waals surface area contributed by atoms with Crippen LogP contribution in [0.15, 0.2) is 319 Å². The SMILES string of the molecule is c1ccc(C2(c3ccccc3)c3ccccc3-c3ccc(-c4ccc(N(c5cccc6c5-c5ccccc5C65c6ccccc6Oc6ccccc65)c5cccc6c5-c5ccccc5C65c6ccccc6Sc6ccccc65)cc4)cc32)cc1. The number of anilines is 3. The molecule has 2 heterocycles. The van der Waals surface area contributed by atoms with E-state index in [0.29, 0.717) is 0 Å². The van der Waals surface area contributed by atoms with Crippen LogP contribution in [0.1, 0.15) is 66.8 Å². The fraction of sp³-hybridized carbons (Fsp3) is 0.0370. The van der Waals surface area contributed by atoms with Gasteiger partial charge in [-0.15, -0.1) is 0 Å². The van der Waals surface area contributed by atoms with Crippen LogP contribution in [0.4, 0.5) is 17.1 Å². The molecule has 0 atom stereocenters. The van der Waals surface area contributed by atoms with Gasteiger partial charge >= 0.3 is 0 Å². The van der Waals surface area contributed by atoms with Crippen molar-refractivity contribution < 1.29 is 4.74 Å². The lowest BCUT2D eigenvalue weighted by atomic mass is 9.66. The zero-order valence-corrected chi connectivity index (χ0v) is 46.5. The molecule has 0 bridgehead atoms. The van der Waals surface area contributed by atoms with Crippen molar-refractivity contribution in [2.24, 2.45) is 0 Å². The Morgan fingerprint density at radius 1 is 0.262 bits per heavy atom. The minimum absolute atomic E-state index is 0.507. The van der Waals surface area contributed by atoms with Crippen LogP contribution in [0.2, 0.25) is 0 Å². The Labute approximate surface area is 493 Å². The Balaban J connectivity index is 0.891. The fourth-order valence-corrected chi connectivity index (χ4v) is 17.2. The van der Waals surface area contributed by atoms with Gasteiger partial charge in [0.25, 0.3) is 0 Å². The lowest BCUT2D eigenvalue weighted by Gasteiger charge is -2.40. The van der Waals surface area contributed by atoms with Gasteiger partial charge in [0, 0.05) is 37.7 Å². The molecule has 0 saturated heterocycles. The van der Waals surface area contributed by atoms with E-state index in [9.17, 15) is 0 Å². The molecule has 5 aliphatic rings. The molecule has 392 valence electrons. The van der Waals surface area contributed by atoms with Gasteiger partial charge in [-0.05, 0) is 144 Å². The highest BCUT2D eigenvalue weighted by atomic mass is 32.2. The van der Waals surface area contributed by atoms with E-state index in [2.05, 4.69) is 314 Å². The Hall–Kier alpha value is -10.2. The molecule has 0 radical (unpaired) electrons. The van der Waals surface area contributed by atoms with E-state index in [1.165, 1.54) is 104 Å². The number of fused-ring (bicyclic) bond motifs is 21. The highest BCUT2D eigenvalue weighted by Gasteiger charge is 2.54. The predicted octanol–water partition coefficient (Wildman–Crippen LogP) is 20.5. The monoisotopic (exact) mass is 1090 g/mol. The number of rotatable bonds is 6. The fourth-order valence-electron chi connectivity index (χ4n) is 16.0. The summed E-state index contributed by atoms with van der Waals surface area (Å²) in [6.07, 6.45) is 0. The van der Waals surface area contributed by atoms with Gasteiger partial charge in [-0.2, -0.15) is 0 Å². The topological polar surface area (TPSA) is 12.5 Å². The van der Waals surface area contributed by atoms with Crippen molar-refractivity contribution in [1.29, 1.82) is 0 Å². The van der Waals surface area contributed by atoms with Crippen LogP contribution in [0.25, 0.3) is 44.5 Å². The summed E-state index contributed by atoms with van der Waals surface area (Å²) in [6, 6.07) is 116. The van der Waals surface area contributed by atoms with Crippen LogP contribution < -0.4 is 9.64 Å². The predicted molar refractivity (Wildman–Crippen MR) is 343 cm³/mol. The molecule has 3 heteroatoms. The van der Waals surface area contributed by atoms with Crippen LogP contribution >= 0.6 is 11.8 Å². The quantitative estimate of drug-likeness (QED) is 0.165. The second-order valence-corrected chi connectivity index (χ2v) is 23.9. The van der Waals surface area contributed by atoms with Crippen molar-refractivity contribution in [3.8, 4) is 56.0 Å². The summed E-state index contributed by atoms with van der Waals surface area (Å²) < 4.78 is 6.83. The second-order valence-electron chi connectivity index (χ2n) is 22.8. The molecule has 0 amide bonds. The molecule has 2 nitrogen and oxygen atoms in total. The first-order valence-corrected chi connectivity index (χ1v) is 30.0. The van der Waals surface area contributed by atoms with Crippen molar-refractivity contribution in [1.82, 2.24) is 0 Å². The van der Waals surface area contributed by atoms with Crippen molar-refractivity contribution in [3.05, 3.63) is 376 Å². The molecule has 0 unspecified atom stereocenters. The van der Waals surface area contributed by atoms with E-state index in [1.54, 1.807) is 0 Å². The number of nitrogens with zero attached hydrogens (tertiary/aromatic N) is 1. The molecule has 0 aromatic heterocycles. The molecule has 3 aliphatic carbocycles. The zero-order valence-electron chi connectivity index (χ0n) is 45.7. The highest BCUT2D eigenvalue weighted by molar-refractivity contribution is 7.99. The van der Waals surface area contributed by atoms with Gasteiger partial charge in [-0.1, -0.05) is 267 Å². The molecule has 13 aromatic carbocycles. The lowest BCUT2D eigenvalue weighted by molar-refractivity contribution is 0.436. The van der Waals surface area contributed by atoms with E-state index in [4.69, 9.17) is 4.74 Å². The van der Waals surface area contributed by atoms with Crippen molar-refractivity contribution in [3.63, 3.8) is 0 Å². The van der Waals surface area contributed by atoms with Crippen molar-refractivity contribution >= 4 is 28.8 Å². The molecule has 2 aliphatic heterocycles. The minimum Gasteiger partial charge on any atom is -0.457 e. The van der Waals surface area contributed by atoms with E-state index in [0.717, 1.165) is 45.3 Å². The first-order chi connectivity index (χ1) is 41.7. The smallest absolute Gasteiger partial charge is 0.132 e. The Morgan fingerprint density at radius 2 is 0.655 bits per heavy atom. The van der Waals surface area contributed by atoms with Gasteiger partial charge in [-0.25, -0.2) is 0 Å². The third kappa shape index (κ3) is 6.16. The van der Waals surface area contributed by atoms with Gasteiger partial charge in [0.2, 0.25) is 0 Å². The largest absolute Gasteiger partial charge is 0.457 e. The summed E-state index contributed by atoms with van der Waals surface area (Å²) in [7, 11) is 0. The lowest BCUT2D eigenvalue weighted by Crippen LogP contribution is -2.32. The van der Waals surface area contributed by atoms with Crippen LogP contribution in [-0.4, -0.2) is 0 Å². The number of hydrogen-bond acceptors (Lipinski definition) is 3. The average Bonchev–Trinajstić information content (AvgIpc) is 1.65. The summed E-state index contributed by atoms with van der Waals surface area (Å²) in [6.45, 7) is 0. The van der Waals surface area contributed by atoms with Crippen LogP contribution in [0.3, 0.4) is 0 Å². The van der Waals surface area contributed by atoms with Gasteiger partial charge < -0.3 is 9.64 Å². The van der Waals surface area contributed by atoms with E-state index >= 15 is 0 Å². The maximum Gasteiger partial charge on any atom is 0.132 e. The average molecular weight is 1090 g/mol. The highest BCUT2D eigenvalue weighted by Crippen LogP contribution is 2.67. The van der Waals surface area contributed by atoms with Crippen molar-refractivity contribution in [2.75, 3.05) is 4.90 Å². The summed E-state index contributed by atoms with van der Waals surface area (Å²) in [5.74, 6) is 1.76. The molecular formula is C81H51NOS. The standard InChI is InChI=1S/C81H51NOS/c1-3-23-54(24-4-1)79(55-25-5-2-6-26-55)61-30-10-7-27-57(61)58-50-47-53(51-70(58)79)52-45-48-56(49-46-52)82(71-39-21-37-68-77(71)59-28-8-11-31-62(59)80(68)64-33-13-17-41-73(64)83-74-42-18-14-34-65(74)80)72-40-22-38-69-78(72)60-29-9-12-32-63(60)81(69)66-35-15-19-43-75(66)84-76-44-20-16-36-67(76)81/h1-51H. The van der Waals surface area contributed by atoms with Gasteiger partial charge in [0.15, 0.2) is 0 Å². The first-order valence-electron chi connectivity index (χ1n) is 29.1. The molecule has 2 spiro atoms. The second kappa shape index (κ2) is 17.9. The maximum absolute atomic E-state index is 6.83. The summed E-state index contributed by atoms with van der Waals surface area (Å²) in [5.41, 5.74) is 26.6. The summed E-state index contributed by atoms with van der Waals surface area (Å²) in [5, 5.41) is 0. The Morgan fingerprint density at radius 3 is 1.19 bits per heavy atom. The normalized spacial score (nSPS) is 14.8. The maximum atomic E-state index is 6.83. The summed E-state index contributed by atoms with van der Waals surface area (Å²) in [4.78, 5) is 5.17. The third-order valence-electron chi connectivity index (χ3n) is 19.1. The Bertz CT molecular complexity index is 4540. The van der Waals surface area contributed by atoms with Crippen molar-refractivity contribution in [2.45, 2.75) is 26.0 Å². The molecule has 0 saturated carbocycles. The number of hydrogen-bond donors (Lipinski definition) is 0. The third-order valence-corrected chi connectivity index (χ3v) is 20.2. The van der Waals surface area contributed by atoms with Gasteiger partial charge in [0.1, 0.15) is 11.5 Å². The van der Waals surface area contributed by atoms with Gasteiger partial charge in [0.05, 0.1) is 27.6 Å². The minimum atomic E-state index is -0.646. The Kier molecular flexibility index (Phi) is 10.1. The zero-order chi connectivity index (χ0) is 55.1. The molecule has 18 rings (SSSR count). The van der Waals surface area contributed by atoms with E-state index in [-0.39, 0.29) is 0 Å².